The second-order valence-electron chi connectivity index (χ2n) is 3.48. The highest BCUT2D eigenvalue weighted by atomic mass is 79.9. The minimum atomic E-state index is 0.211. The van der Waals surface area contributed by atoms with Crippen molar-refractivity contribution in [3.05, 3.63) is 22.8 Å². The SMILES string of the molecule is OC[C@@H]1CCCN1c1ncccc1Br. The second-order valence-corrected chi connectivity index (χ2v) is 4.34. The summed E-state index contributed by atoms with van der Waals surface area (Å²) >= 11 is 3.48. The maximum Gasteiger partial charge on any atom is 0.143 e. The van der Waals surface area contributed by atoms with Crippen LogP contribution in [0.3, 0.4) is 0 Å². The van der Waals surface area contributed by atoms with E-state index in [0.717, 1.165) is 29.7 Å². The Hall–Kier alpha value is -0.610. The molecule has 0 bridgehead atoms. The van der Waals surface area contributed by atoms with Gasteiger partial charge in [0.15, 0.2) is 0 Å². The minimum absolute atomic E-state index is 0.211. The number of nitrogens with zero attached hydrogens (tertiary/aromatic N) is 2. The van der Waals surface area contributed by atoms with Crippen LogP contribution in [0.15, 0.2) is 22.8 Å². The fourth-order valence-corrected chi connectivity index (χ4v) is 2.38. The van der Waals surface area contributed by atoms with Crippen LogP contribution in [0.4, 0.5) is 5.82 Å². The van der Waals surface area contributed by atoms with Crippen molar-refractivity contribution in [1.82, 2.24) is 4.98 Å². The van der Waals surface area contributed by atoms with E-state index in [1.807, 2.05) is 12.1 Å². The van der Waals surface area contributed by atoms with Gasteiger partial charge in [-0.25, -0.2) is 4.98 Å². The van der Waals surface area contributed by atoms with E-state index in [-0.39, 0.29) is 12.6 Å². The molecule has 0 aliphatic carbocycles. The van der Waals surface area contributed by atoms with E-state index in [4.69, 9.17) is 0 Å². The quantitative estimate of drug-likeness (QED) is 0.877. The molecule has 0 saturated carbocycles. The maximum atomic E-state index is 9.20. The number of pyridine rings is 1. The molecule has 4 heteroatoms. The molecule has 0 amide bonds. The van der Waals surface area contributed by atoms with Crippen molar-refractivity contribution in [3.63, 3.8) is 0 Å². The molecule has 0 spiro atoms. The predicted molar refractivity (Wildman–Crippen MR) is 59.4 cm³/mol. The molecule has 0 unspecified atom stereocenters. The van der Waals surface area contributed by atoms with Crippen molar-refractivity contribution >= 4 is 21.7 Å². The lowest BCUT2D eigenvalue weighted by molar-refractivity contribution is 0.266. The number of aliphatic hydroxyl groups excluding tert-OH is 1. The Morgan fingerprint density at radius 1 is 1.64 bits per heavy atom. The number of halogens is 1. The van der Waals surface area contributed by atoms with Crippen LogP contribution in [-0.2, 0) is 0 Å². The first-order chi connectivity index (χ1) is 6.83. The fourth-order valence-electron chi connectivity index (χ4n) is 1.89. The van der Waals surface area contributed by atoms with Gasteiger partial charge >= 0.3 is 0 Å². The predicted octanol–water partition coefficient (Wildman–Crippen LogP) is 1.81. The third kappa shape index (κ3) is 1.77. The molecule has 76 valence electrons. The first-order valence-electron chi connectivity index (χ1n) is 4.81. The number of anilines is 1. The lowest BCUT2D eigenvalue weighted by Gasteiger charge is -2.24. The number of aliphatic hydroxyl groups is 1. The van der Waals surface area contributed by atoms with Gasteiger partial charge in [0.25, 0.3) is 0 Å². The first kappa shape index (κ1) is 9.93. The normalized spacial score (nSPS) is 21.6. The van der Waals surface area contributed by atoms with Crippen LogP contribution >= 0.6 is 15.9 Å². The van der Waals surface area contributed by atoms with Crippen molar-refractivity contribution in [2.45, 2.75) is 18.9 Å². The highest BCUT2D eigenvalue weighted by Gasteiger charge is 2.25. The van der Waals surface area contributed by atoms with Gasteiger partial charge in [-0.15, -0.1) is 0 Å². The Morgan fingerprint density at radius 2 is 2.50 bits per heavy atom. The third-order valence-corrected chi connectivity index (χ3v) is 3.22. The van der Waals surface area contributed by atoms with Crippen molar-refractivity contribution in [2.24, 2.45) is 0 Å². The molecule has 0 radical (unpaired) electrons. The molecule has 1 aliphatic heterocycles. The summed E-state index contributed by atoms with van der Waals surface area (Å²) in [6.45, 7) is 1.20. The zero-order chi connectivity index (χ0) is 9.97. The van der Waals surface area contributed by atoms with Gasteiger partial charge in [-0.2, -0.15) is 0 Å². The lowest BCUT2D eigenvalue weighted by atomic mass is 10.2. The van der Waals surface area contributed by atoms with Gasteiger partial charge in [-0.3, -0.25) is 0 Å². The molecule has 1 fully saturated rings. The summed E-state index contributed by atoms with van der Waals surface area (Å²) in [5.74, 6) is 0.948. The van der Waals surface area contributed by atoms with Crippen LogP contribution in [0.5, 0.6) is 0 Å². The molecule has 1 aromatic rings. The van der Waals surface area contributed by atoms with Crippen LogP contribution in [-0.4, -0.2) is 29.3 Å². The Morgan fingerprint density at radius 3 is 3.21 bits per heavy atom. The van der Waals surface area contributed by atoms with E-state index in [1.54, 1.807) is 6.20 Å². The van der Waals surface area contributed by atoms with Gasteiger partial charge in [0, 0.05) is 12.7 Å². The summed E-state index contributed by atoms with van der Waals surface area (Å²) in [7, 11) is 0. The van der Waals surface area contributed by atoms with E-state index >= 15 is 0 Å². The minimum Gasteiger partial charge on any atom is -0.394 e. The number of hydrogen-bond acceptors (Lipinski definition) is 3. The zero-order valence-corrected chi connectivity index (χ0v) is 9.44. The molecule has 1 saturated heterocycles. The van der Waals surface area contributed by atoms with E-state index in [1.165, 1.54) is 0 Å². The van der Waals surface area contributed by atoms with Crippen LogP contribution < -0.4 is 4.90 Å². The Bertz CT molecular complexity index is 319. The van der Waals surface area contributed by atoms with Crippen LogP contribution in [0.1, 0.15) is 12.8 Å². The van der Waals surface area contributed by atoms with Crippen molar-refractivity contribution in [1.29, 1.82) is 0 Å². The molecular weight excluding hydrogens is 244 g/mol. The molecule has 1 aliphatic rings. The first-order valence-corrected chi connectivity index (χ1v) is 5.60. The summed E-state index contributed by atoms with van der Waals surface area (Å²) in [5, 5.41) is 9.20. The lowest BCUT2D eigenvalue weighted by Crippen LogP contribution is -2.32. The molecule has 0 aromatic carbocycles. The van der Waals surface area contributed by atoms with E-state index in [9.17, 15) is 5.11 Å². The Kier molecular flexibility index (Phi) is 3.03. The molecule has 1 aromatic heterocycles. The van der Waals surface area contributed by atoms with Gasteiger partial charge in [0.05, 0.1) is 17.1 Å². The Balaban J connectivity index is 2.26. The smallest absolute Gasteiger partial charge is 0.143 e. The maximum absolute atomic E-state index is 9.20. The van der Waals surface area contributed by atoms with Crippen molar-refractivity contribution in [2.75, 3.05) is 18.1 Å². The third-order valence-electron chi connectivity index (χ3n) is 2.60. The fraction of sp³-hybridized carbons (Fsp3) is 0.500. The largest absolute Gasteiger partial charge is 0.394 e. The average Bonchev–Trinajstić information content (AvgIpc) is 2.66. The molecular formula is C10H13BrN2O. The highest BCUT2D eigenvalue weighted by molar-refractivity contribution is 9.10. The molecule has 3 nitrogen and oxygen atoms in total. The number of aromatic nitrogens is 1. The van der Waals surface area contributed by atoms with E-state index < -0.39 is 0 Å². The summed E-state index contributed by atoms with van der Waals surface area (Å²) in [6.07, 6.45) is 3.97. The van der Waals surface area contributed by atoms with Gasteiger partial charge < -0.3 is 10.0 Å². The highest BCUT2D eigenvalue weighted by Crippen LogP contribution is 2.29. The zero-order valence-electron chi connectivity index (χ0n) is 7.86. The molecule has 14 heavy (non-hydrogen) atoms. The standard InChI is InChI=1S/C10H13BrN2O/c11-9-4-1-5-12-10(9)13-6-2-3-8(13)7-14/h1,4-5,8,14H,2-3,6-7H2/t8-/m0/s1. The van der Waals surface area contributed by atoms with Gasteiger partial charge in [0.1, 0.15) is 5.82 Å². The molecule has 1 N–H and O–H groups in total. The summed E-state index contributed by atoms with van der Waals surface area (Å²) in [5.41, 5.74) is 0. The monoisotopic (exact) mass is 256 g/mol. The van der Waals surface area contributed by atoms with Crippen molar-refractivity contribution in [3.8, 4) is 0 Å². The number of rotatable bonds is 2. The molecule has 1 atom stereocenters. The van der Waals surface area contributed by atoms with Crippen LogP contribution in [0.2, 0.25) is 0 Å². The van der Waals surface area contributed by atoms with Crippen LogP contribution in [0.25, 0.3) is 0 Å². The number of hydrogen-bond donors (Lipinski definition) is 1. The molecule has 2 rings (SSSR count). The van der Waals surface area contributed by atoms with Gasteiger partial charge in [-0.1, -0.05) is 0 Å². The molecule has 2 heterocycles. The average molecular weight is 257 g/mol. The summed E-state index contributed by atoms with van der Waals surface area (Å²) < 4.78 is 1.00. The van der Waals surface area contributed by atoms with Crippen molar-refractivity contribution < 1.29 is 5.11 Å². The van der Waals surface area contributed by atoms with Gasteiger partial charge in [0.2, 0.25) is 0 Å². The van der Waals surface area contributed by atoms with Gasteiger partial charge in [-0.05, 0) is 40.9 Å². The van der Waals surface area contributed by atoms with Crippen LogP contribution in [0, 0.1) is 0 Å². The second kappa shape index (κ2) is 4.28. The van der Waals surface area contributed by atoms with E-state index in [0.29, 0.717) is 0 Å². The summed E-state index contributed by atoms with van der Waals surface area (Å²) in [4.78, 5) is 6.50. The Labute approximate surface area is 91.9 Å². The summed E-state index contributed by atoms with van der Waals surface area (Å²) in [6, 6.07) is 4.12. The topological polar surface area (TPSA) is 36.4 Å². The van der Waals surface area contributed by atoms with E-state index in [2.05, 4.69) is 25.8 Å².